The first-order valence-corrected chi connectivity index (χ1v) is 3.66. The number of hydrogen-bond acceptors (Lipinski definition) is 4. The van der Waals surface area contributed by atoms with E-state index in [1.807, 2.05) is 0 Å². The van der Waals surface area contributed by atoms with Crippen molar-refractivity contribution in [2.75, 3.05) is 26.2 Å². The van der Waals surface area contributed by atoms with E-state index in [9.17, 15) is 0 Å². The summed E-state index contributed by atoms with van der Waals surface area (Å²) in [5.74, 6) is 2.25. The molecule has 0 atom stereocenters. The first kappa shape index (κ1) is 5.70. The molecule has 0 bridgehead atoms. The molecule has 10 heavy (non-hydrogen) atoms. The standard InChI is InChI=1S/C6H12N4/c1-2-8-5(7-1)6-9-3-4-10-6/h7-10H,1-4H2. The second-order valence-corrected chi connectivity index (χ2v) is 2.46. The maximum atomic E-state index is 3.24. The third kappa shape index (κ3) is 0.853. The zero-order chi connectivity index (χ0) is 6.81. The van der Waals surface area contributed by atoms with E-state index >= 15 is 0 Å². The largest absolute Gasteiger partial charge is 0.367 e. The second kappa shape index (κ2) is 2.28. The van der Waals surface area contributed by atoms with E-state index < -0.39 is 0 Å². The van der Waals surface area contributed by atoms with Crippen molar-refractivity contribution in [1.29, 1.82) is 0 Å². The van der Waals surface area contributed by atoms with Gasteiger partial charge in [0.2, 0.25) is 0 Å². The highest BCUT2D eigenvalue weighted by Crippen LogP contribution is 1.97. The van der Waals surface area contributed by atoms with Crippen molar-refractivity contribution in [3.63, 3.8) is 0 Å². The van der Waals surface area contributed by atoms with E-state index in [1.165, 1.54) is 0 Å². The highest BCUT2D eigenvalue weighted by atomic mass is 15.3. The average molecular weight is 140 g/mol. The Morgan fingerprint density at radius 1 is 0.600 bits per heavy atom. The van der Waals surface area contributed by atoms with Crippen molar-refractivity contribution in [3.05, 3.63) is 11.6 Å². The van der Waals surface area contributed by atoms with Crippen LogP contribution < -0.4 is 21.3 Å². The minimum Gasteiger partial charge on any atom is -0.367 e. The molecule has 0 aromatic carbocycles. The third-order valence-electron chi connectivity index (χ3n) is 1.71. The lowest BCUT2D eigenvalue weighted by Crippen LogP contribution is -2.23. The fourth-order valence-corrected chi connectivity index (χ4v) is 1.23. The summed E-state index contributed by atoms with van der Waals surface area (Å²) in [5.41, 5.74) is 0. The molecule has 56 valence electrons. The van der Waals surface area contributed by atoms with Crippen LogP contribution in [0.15, 0.2) is 11.6 Å². The average Bonchev–Trinajstić information content (AvgIpc) is 2.59. The molecule has 4 nitrogen and oxygen atoms in total. The minimum atomic E-state index is 1.03. The Morgan fingerprint density at radius 3 is 1.20 bits per heavy atom. The number of hydrogen-bond donors (Lipinski definition) is 4. The summed E-state index contributed by atoms with van der Waals surface area (Å²) in [5, 5.41) is 13.0. The van der Waals surface area contributed by atoms with Crippen molar-refractivity contribution in [2.45, 2.75) is 0 Å². The molecule has 2 heterocycles. The summed E-state index contributed by atoms with van der Waals surface area (Å²) in [6.07, 6.45) is 0. The topological polar surface area (TPSA) is 48.1 Å². The van der Waals surface area contributed by atoms with Gasteiger partial charge in [0.1, 0.15) is 11.6 Å². The summed E-state index contributed by atoms with van der Waals surface area (Å²) >= 11 is 0. The summed E-state index contributed by atoms with van der Waals surface area (Å²) in [7, 11) is 0. The van der Waals surface area contributed by atoms with Gasteiger partial charge in [-0.15, -0.1) is 0 Å². The first-order chi connectivity index (χ1) is 4.97. The monoisotopic (exact) mass is 140 g/mol. The van der Waals surface area contributed by atoms with Crippen LogP contribution in [0.3, 0.4) is 0 Å². The quantitative estimate of drug-likeness (QED) is 0.331. The molecule has 0 saturated carbocycles. The molecule has 0 unspecified atom stereocenters. The third-order valence-corrected chi connectivity index (χ3v) is 1.71. The molecule has 4 N–H and O–H groups in total. The SMILES string of the molecule is C1CNC(=C2NCCN2)N1. The van der Waals surface area contributed by atoms with Crippen LogP contribution in [0.2, 0.25) is 0 Å². The zero-order valence-corrected chi connectivity index (χ0v) is 5.83. The van der Waals surface area contributed by atoms with Crippen LogP contribution >= 0.6 is 0 Å². The maximum Gasteiger partial charge on any atom is 0.140 e. The van der Waals surface area contributed by atoms with Gasteiger partial charge >= 0.3 is 0 Å². The van der Waals surface area contributed by atoms with E-state index in [-0.39, 0.29) is 0 Å². The molecule has 2 aliphatic rings. The lowest BCUT2D eigenvalue weighted by Gasteiger charge is -2.04. The Morgan fingerprint density at radius 2 is 0.900 bits per heavy atom. The Labute approximate surface area is 60.1 Å². The summed E-state index contributed by atoms with van der Waals surface area (Å²) < 4.78 is 0. The highest BCUT2D eigenvalue weighted by molar-refractivity contribution is 5.13. The molecule has 0 radical (unpaired) electrons. The van der Waals surface area contributed by atoms with Gasteiger partial charge in [0.15, 0.2) is 0 Å². The van der Waals surface area contributed by atoms with E-state index in [1.54, 1.807) is 0 Å². The van der Waals surface area contributed by atoms with Crippen LogP contribution in [0.5, 0.6) is 0 Å². The minimum absolute atomic E-state index is 1.03. The fourth-order valence-electron chi connectivity index (χ4n) is 1.23. The van der Waals surface area contributed by atoms with Gasteiger partial charge in [0.25, 0.3) is 0 Å². The van der Waals surface area contributed by atoms with Gasteiger partial charge in [-0.1, -0.05) is 0 Å². The van der Waals surface area contributed by atoms with Gasteiger partial charge in [-0.3, -0.25) is 0 Å². The van der Waals surface area contributed by atoms with Gasteiger partial charge in [-0.05, 0) is 0 Å². The van der Waals surface area contributed by atoms with Crippen LogP contribution in [0, 0.1) is 0 Å². The molecular weight excluding hydrogens is 128 g/mol. The van der Waals surface area contributed by atoms with E-state index in [0.29, 0.717) is 0 Å². The van der Waals surface area contributed by atoms with Crippen LogP contribution in [-0.2, 0) is 0 Å². The lowest BCUT2D eigenvalue weighted by atomic mass is 10.6. The lowest BCUT2D eigenvalue weighted by molar-refractivity contribution is 0.824. The Balaban J connectivity index is 2.10. The summed E-state index contributed by atoms with van der Waals surface area (Å²) in [4.78, 5) is 0. The molecule has 0 aliphatic carbocycles. The van der Waals surface area contributed by atoms with Crippen molar-refractivity contribution < 1.29 is 0 Å². The number of rotatable bonds is 0. The summed E-state index contributed by atoms with van der Waals surface area (Å²) in [6, 6.07) is 0. The Hall–Kier alpha value is -1.06. The van der Waals surface area contributed by atoms with Gasteiger partial charge in [0.05, 0.1) is 0 Å². The van der Waals surface area contributed by atoms with Gasteiger partial charge in [0, 0.05) is 26.2 Å². The Bertz CT molecular complexity index is 129. The molecule has 0 aromatic rings. The fraction of sp³-hybridized carbons (Fsp3) is 0.667. The van der Waals surface area contributed by atoms with Crippen molar-refractivity contribution in [1.82, 2.24) is 21.3 Å². The van der Waals surface area contributed by atoms with Crippen molar-refractivity contribution >= 4 is 0 Å². The van der Waals surface area contributed by atoms with E-state index in [2.05, 4.69) is 21.3 Å². The molecule has 2 aliphatic heterocycles. The van der Waals surface area contributed by atoms with Crippen LogP contribution in [-0.4, -0.2) is 26.2 Å². The zero-order valence-electron chi connectivity index (χ0n) is 5.83. The maximum absolute atomic E-state index is 3.24. The van der Waals surface area contributed by atoms with Gasteiger partial charge in [-0.2, -0.15) is 0 Å². The normalized spacial score (nSPS) is 23.2. The molecule has 0 spiro atoms. The summed E-state index contributed by atoms with van der Waals surface area (Å²) in [6.45, 7) is 4.12. The molecule has 2 fully saturated rings. The van der Waals surface area contributed by atoms with Crippen LogP contribution in [0.4, 0.5) is 0 Å². The van der Waals surface area contributed by atoms with Gasteiger partial charge < -0.3 is 21.3 Å². The van der Waals surface area contributed by atoms with Crippen molar-refractivity contribution in [2.24, 2.45) is 0 Å². The van der Waals surface area contributed by atoms with Gasteiger partial charge in [-0.25, -0.2) is 0 Å². The second-order valence-electron chi connectivity index (χ2n) is 2.46. The molecule has 4 heteroatoms. The molecule has 2 rings (SSSR count). The first-order valence-electron chi connectivity index (χ1n) is 3.66. The predicted molar refractivity (Wildman–Crippen MR) is 39.0 cm³/mol. The number of nitrogens with one attached hydrogen (secondary N) is 4. The highest BCUT2D eigenvalue weighted by Gasteiger charge is 2.13. The molecular formula is C6H12N4. The van der Waals surface area contributed by atoms with Crippen LogP contribution in [0.1, 0.15) is 0 Å². The predicted octanol–water partition coefficient (Wildman–Crippen LogP) is -1.50. The van der Waals surface area contributed by atoms with E-state index in [4.69, 9.17) is 0 Å². The smallest absolute Gasteiger partial charge is 0.140 e. The van der Waals surface area contributed by atoms with E-state index in [0.717, 1.165) is 37.8 Å². The molecule has 0 aromatic heterocycles. The van der Waals surface area contributed by atoms with Crippen LogP contribution in [0.25, 0.3) is 0 Å². The molecule has 0 amide bonds. The van der Waals surface area contributed by atoms with Crippen molar-refractivity contribution in [3.8, 4) is 0 Å². The Kier molecular flexibility index (Phi) is 1.30. The molecule has 2 saturated heterocycles.